The summed E-state index contributed by atoms with van der Waals surface area (Å²) in [4.78, 5) is 11.4. The molecule has 0 aliphatic rings. The SMILES string of the molecule is CCCCNC(=O)NS(=O)(=O)c1c(C)cccc1N. The minimum atomic E-state index is -3.95. The van der Waals surface area contributed by atoms with Crippen molar-refractivity contribution < 1.29 is 13.2 Å². The second kappa shape index (κ2) is 6.42. The third-order valence-electron chi connectivity index (χ3n) is 2.55. The van der Waals surface area contributed by atoms with Gasteiger partial charge < -0.3 is 11.1 Å². The Hall–Kier alpha value is -1.76. The quantitative estimate of drug-likeness (QED) is 0.561. The van der Waals surface area contributed by atoms with Gasteiger partial charge in [0.05, 0.1) is 5.69 Å². The number of aryl methyl sites for hydroxylation is 1. The first-order valence-electron chi connectivity index (χ1n) is 6.04. The van der Waals surface area contributed by atoms with E-state index >= 15 is 0 Å². The first kappa shape index (κ1) is 15.3. The van der Waals surface area contributed by atoms with Crippen LogP contribution in [0.3, 0.4) is 0 Å². The maximum Gasteiger partial charge on any atom is 0.328 e. The number of amides is 2. The van der Waals surface area contributed by atoms with Crippen LogP contribution in [0, 0.1) is 6.92 Å². The summed E-state index contributed by atoms with van der Waals surface area (Å²) in [5, 5.41) is 2.48. The summed E-state index contributed by atoms with van der Waals surface area (Å²) in [6.07, 6.45) is 1.71. The summed E-state index contributed by atoms with van der Waals surface area (Å²) < 4.78 is 26.1. The lowest BCUT2D eigenvalue weighted by molar-refractivity contribution is 0.245. The highest BCUT2D eigenvalue weighted by Gasteiger charge is 2.22. The predicted molar refractivity (Wildman–Crippen MR) is 74.2 cm³/mol. The van der Waals surface area contributed by atoms with Gasteiger partial charge in [0, 0.05) is 6.54 Å². The van der Waals surface area contributed by atoms with Gasteiger partial charge in [0.15, 0.2) is 0 Å². The van der Waals surface area contributed by atoms with E-state index in [1.807, 2.05) is 11.6 Å². The number of urea groups is 1. The molecule has 1 aromatic rings. The number of nitrogens with two attached hydrogens (primary N) is 1. The number of unbranched alkanes of at least 4 members (excludes halogenated alkanes) is 1. The minimum Gasteiger partial charge on any atom is -0.398 e. The van der Waals surface area contributed by atoms with E-state index in [1.165, 1.54) is 6.07 Å². The minimum absolute atomic E-state index is 0.0550. The van der Waals surface area contributed by atoms with Crippen LogP contribution in [0.25, 0.3) is 0 Å². The second-order valence-electron chi connectivity index (χ2n) is 4.21. The number of benzene rings is 1. The molecule has 19 heavy (non-hydrogen) atoms. The van der Waals surface area contributed by atoms with Gasteiger partial charge in [0.1, 0.15) is 4.90 Å². The van der Waals surface area contributed by atoms with Gasteiger partial charge in [-0.15, -0.1) is 0 Å². The zero-order valence-corrected chi connectivity index (χ0v) is 11.9. The first-order valence-corrected chi connectivity index (χ1v) is 7.52. The summed E-state index contributed by atoms with van der Waals surface area (Å²) in [5.74, 6) is 0. The van der Waals surface area contributed by atoms with Gasteiger partial charge in [-0.1, -0.05) is 25.5 Å². The average Bonchev–Trinajstić information content (AvgIpc) is 2.27. The third kappa shape index (κ3) is 4.13. The van der Waals surface area contributed by atoms with E-state index in [2.05, 4.69) is 5.32 Å². The molecule has 0 atom stereocenters. The Balaban J connectivity index is 2.84. The molecule has 1 aromatic carbocycles. The normalized spacial score (nSPS) is 11.1. The van der Waals surface area contributed by atoms with E-state index in [4.69, 9.17) is 5.73 Å². The molecule has 0 radical (unpaired) electrons. The van der Waals surface area contributed by atoms with E-state index in [1.54, 1.807) is 19.1 Å². The van der Waals surface area contributed by atoms with Crippen LogP contribution in [0.5, 0.6) is 0 Å². The molecule has 0 fully saturated rings. The van der Waals surface area contributed by atoms with E-state index < -0.39 is 16.1 Å². The van der Waals surface area contributed by atoms with E-state index in [-0.39, 0.29) is 10.6 Å². The predicted octanol–water partition coefficient (Wildman–Crippen LogP) is 1.37. The molecule has 4 N–H and O–H groups in total. The van der Waals surface area contributed by atoms with Gasteiger partial charge >= 0.3 is 6.03 Å². The largest absolute Gasteiger partial charge is 0.398 e. The molecule has 0 heterocycles. The van der Waals surface area contributed by atoms with Crippen molar-refractivity contribution >= 4 is 21.7 Å². The zero-order valence-electron chi connectivity index (χ0n) is 11.1. The highest BCUT2D eigenvalue weighted by Crippen LogP contribution is 2.21. The molecule has 2 amide bonds. The van der Waals surface area contributed by atoms with Crippen molar-refractivity contribution in [2.75, 3.05) is 12.3 Å². The van der Waals surface area contributed by atoms with Gasteiger partial charge in [-0.05, 0) is 25.0 Å². The first-order chi connectivity index (χ1) is 8.88. The third-order valence-corrected chi connectivity index (χ3v) is 4.10. The van der Waals surface area contributed by atoms with Crippen LogP contribution in [-0.4, -0.2) is 21.0 Å². The fourth-order valence-corrected chi connectivity index (χ4v) is 2.92. The van der Waals surface area contributed by atoms with Crippen molar-refractivity contribution in [2.24, 2.45) is 0 Å². The summed E-state index contributed by atoms with van der Waals surface area (Å²) >= 11 is 0. The van der Waals surface area contributed by atoms with Crippen molar-refractivity contribution in [2.45, 2.75) is 31.6 Å². The number of hydrogen-bond acceptors (Lipinski definition) is 4. The standard InChI is InChI=1S/C12H19N3O3S/c1-3-4-8-14-12(16)15-19(17,18)11-9(2)6-5-7-10(11)13/h5-7H,3-4,8,13H2,1-2H3,(H2,14,15,16). The van der Waals surface area contributed by atoms with Gasteiger partial charge in [0.25, 0.3) is 10.0 Å². The van der Waals surface area contributed by atoms with E-state index in [0.29, 0.717) is 12.1 Å². The molecule has 0 aromatic heterocycles. The van der Waals surface area contributed by atoms with E-state index in [0.717, 1.165) is 12.8 Å². The Morgan fingerprint density at radius 2 is 2.05 bits per heavy atom. The summed E-state index contributed by atoms with van der Waals surface area (Å²) in [6.45, 7) is 4.03. The fourth-order valence-electron chi connectivity index (χ4n) is 1.63. The van der Waals surface area contributed by atoms with Crippen LogP contribution in [0.2, 0.25) is 0 Å². The van der Waals surface area contributed by atoms with Crippen molar-refractivity contribution in [3.8, 4) is 0 Å². The Bertz CT molecular complexity index is 535. The number of sulfonamides is 1. The smallest absolute Gasteiger partial charge is 0.328 e. The van der Waals surface area contributed by atoms with Gasteiger partial charge in [-0.25, -0.2) is 17.9 Å². The molecule has 0 spiro atoms. The molecule has 0 aliphatic carbocycles. The Morgan fingerprint density at radius 1 is 1.37 bits per heavy atom. The molecule has 6 nitrogen and oxygen atoms in total. The average molecular weight is 285 g/mol. The Kier molecular flexibility index (Phi) is 5.17. The lowest BCUT2D eigenvalue weighted by Crippen LogP contribution is -2.40. The molecule has 0 saturated carbocycles. The molecular weight excluding hydrogens is 266 g/mol. The maximum atomic E-state index is 12.1. The number of nitrogen functional groups attached to an aromatic ring is 1. The van der Waals surface area contributed by atoms with Crippen LogP contribution in [0.4, 0.5) is 10.5 Å². The highest BCUT2D eigenvalue weighted by atomic mass is 32.2. The Morgan fingerprint density at radius 3 is 2.63 bits per heavy atom. The van der Waals surface area contributed by atoms with Gasteiger partial charge in [-0.2, -0.15) is 0 Å². The van der Waals surface area contributed by atoms with E-state index in [9.17, 15) is 13.2 Å². The number of rotatable bonds is 5. The van der Waals surface area contributed by atoms with Gasteiger partial charge in [-0.3, -0.25) is 0 Å². The monoisotopic (exact) mass is 285 g/mol. The Labute approximate surface area is 113 Å². The summed E-state index contributed by atoms with van der Waals surface area (Å²) in [7, 11) is -3.95. The molecule has 106 valence electrons. The number of anilines is 1. The van der Waals surface area contributed by atoms with Crippen LogP contribution >= 0.6 is 0 Å². The molecule has 0 aliphatic heterocycles. The molecule has 0 unspecified atom stereocenters. The molecule has 1 rings (SSSR count). The lowest BCUT2D eigenvalue weighted by atomic mass is 10.2. The zero-order chi connectivity index (χ0) is 14.5. The van der Waals surface area contributed by atoms with Crippen LogP contribution in [0.1, 0.15) is 25.3 Å². The molecule has 0 saturated heterocycles. The molecule has 0 bridgehead atoms. The van der Waals surface area contributed by atoms with Crippen molar-refractivity contribution in [1.29, 1.82) is 0 Å². The van der Waals surface area contributed by atoms with Crippen LogP contribution in [0.15, 0.2) is 23.1 Å². The maximum absolute atomic E-state index is 12.1. The van der Waals surface area contributed by atoms with Crippen LogP contribution in [-0.2, 0) is 10.0 Å². The van der Waals surface area contributed by atoms with Crippen LogP contribution < -0.4 is 15.8 Å². The summed E-state index contributed by atoms with van der Waals surface area (Å²) in [5.41, 5.74) is 6.27. The number of carbonyl (C=O) groups excluding carboxylic acids is 1. The lowest BCUT2D eigenvalue weighted by Gasteiger charge is -2.12. The number of hydrogen-bond donors (Lipinski definition) is 3. The van der Waals surface area contributed by atoms with Crippen molar-refractivity contribution in [3.05, 3.63) is 23.8 Å². The number of nitrogens with one attached hydrogen (secondary N) is 2. The second-order valence-corrected chi connectivity index (χ2v) is 5.83. The number of carbonyl (C=O) groups is 1. The molecule has 7 heteroatoms. The topological polar surface area (TPSA) is 101 Å². The van der Waals surface area contributed by atoms with Crippen molar-refractivity contribution in [3.63, 3.8) is 0 Å². The van der Waals surface area contributed by atoms with Gasteiger partial charge in [0.2, 0.25) is 0 Å². The fraction of sp³-hybridized carbons (Fsp3) is 0.417. The molecular formula is C12H19N3O3S. The summed E-state index contributed by atoms with van der Waals surface area (Å²) in [6, 6.07) is 4.03. The van der Waals surface area contributed by atoms with Crippen molar-refractivity contribution in [1.82, 2.24) is 10.0 Å². The highest BCUT2D eigenvalue weighted by molar-refractivity contribution is 7.90.